The van der Waals surface area contributed by atoms with Crippen LogP contribution in [0.2, 0.25) is 0 Å². The van der Waals surface area contributed by atoms with E-state index in [1.807, 2.05) is 11.8 Å². The first-order valence-corrected chi connectivity index (χ1v) is 6.89. The lowest BCUT2D eigenvalue weighted by Gasteiger charge is -2.39. The summed E-state index contributed by atoms with van der Waals surface area (Å²) in [6, 6.07) is 0.256. The minimum atomic E-state index is -0.231. The number of hydrogen-bond acceptors (Lipinski definition) is 3. The first-order chi connectivity index (χ1) is 7.14. The highest BCUT2D eigenvalue weighted by Crippen LogP contribution is 2.40. The van der Waals surface area contributed by atoms with Gasteiger partial charge < -0.3 is 11.1 Å². The summed E-state index contributed by atoms with van der Waals surface area (Å²) in [5.74, 6) is 2.26. The smallest absolute Gasteiger partial charge is 0.227 e. The van der Waals surface area contributed by atoms with Gasteiger partial charge in [0.2, 0.25) is 5.91 Å². The van der Waals surface area contributed by atoms with Gasteiger partial charge >= 0.3 is 0 Å². The van der Waals surface area contributed by atoms with E-state index >= 15 is 0 Å². The van der Waals surface area contributed by atoms with Crippen LogP contribution in [0.15, 0.2) is 0 Å². The highest BCUT2D eigenvalue weighted by Gasteiger charge is 2.42. The third-order valence-corrected chi connectivity index (χ3v) is 4.28. The highest BCUT2D eigenvalue weighted by atomic mass is 32.2. The first-order valence-electron chi connectivity index (χ1n) is 5.73. The van der Waals surface area contributed by atoms with E-state index in [9.17, 15) is 4.79 Å². The van der Waals surface area contributed by atoms with Gasteiger partial charge in [-0.25, -0.2) is 0 Å². The van der Waals surface area contributed by atoms with Crippen molar-refractivity contribution >= 4 is 17.7 Å². The molecule has 0 bridgehead atoms. The van der Waals surface area contributed by atoms with Crippen LogP contribution in [0.25, 0.3) is 0 Å². The number of carbonyl (C=O) groups is 1. The molecular formula is C11H22N2OS. The molecule has 1 atom stereocenters. The summed E-state index contributed by atoms with van der Waals surface area (Å²) < 4.78 is 0. The van der Waals surface area contributed by atoms with Crippen LogP contribution in [0.4, 0.5) is 0 Å². The molecule has 1 saturated carbocycles. The van der Waals surface area contributed by atoms with Gasteiger partial charge in [-0.1, -0.05) is 13.3 Å². The lowest BCUT2D eigenvalue weighted by atomic mass is 9.68. The summed E-state index contributed by atoms with van der Waals surface area (Å²) in [7, 11) is 0. The van der Waals surface area contributed by atoms with Gasteiger partial charge in [-0.3, -0.25) is 4.79 Å². The van der Waals surface area contributed by atoms with E-state index in [-0.39, 0.29) is 17.4 Å². The van der Waals surface area contributed by atoms with Crippen LogP contribution >= 0.6 is 11.8 Å². The van der Waals surface area contributed by atoms with Gasteiger partial charge in [-0.05, 0) is 25.5 Å². The third-order valence-electron chi connectivity index (χ3n) is 3.13. The topological polar surface area (TPSA) is 55.1 Å². The Balaban J connectivity index is 2.34. The molecule has 0 radical (unpaired) electrons. The lowest BCUT2D eigenvalue weighted by Crippen LogP contribution is -2.52. The van der Waals surface area contributed by atoms with Gasteiger partial charge in [0.25, 0.3) is 0 Å². The normalized spacial score (nSPS) is 20.5. The monoisotopic (exact) mass is 230 g/mol. The first kappa shape index (κ1) is 12.8. The highest BCUT2D eigenvalue weighted by molar-refractivity contribution is 7.99. The predicted molar refractivity (Wildman–Crippen MR) is 65.9 cm³/mol. The maximum Gasteiger partial charge on any atom is 0.227 e. The van der Waals surface area contributed by atoms with Crippen molar-refractivity contribution in [2.45, 2.75) is 39.2 Å². The molecule has 0 aromatic carbocycles. The summed E-state index contributed by atoms with van der Waals surface area (Å²) in [5.41, 5.74) is 5.45. The van der Waals surface area contributed by atoms with Crippen molar-refractivity contribution in [2.24, 2.45) is 11.1 Å². The van der Waals surface area contributed by atoms with Crippen molar-refractivity contribution in [3.63, 3.8) is 0 Å². The van der Waals surface area contributed by atoms with Gasteiger partial charge in [-0.15, -0.1) is 0 Å². The average molecular weight is 230 g/mol. The molecule has 0 heterocycles. The predicted octanol–water partition coefficient (Wildman–Crippen LogP) is 1.37. The summed E-state index contributed by atoms with van der Waals surface area (Å²) in [5, 5.41) is 3.07. The number of hydrogen-bond donors (Lipinski definition) is 2. The number of thioether (sulfide) groups is 1. The number of nitrogens with two attached hydrogens (primary N) is 1. The molecule has 0 aromatic heterocycles. The van der Waals surface area contributed by atoms with E-state index in [1.54, 1.807) is 0 Å². The van der Waals surface area contributed by atoms with E-state index < -0.39 is 0 Å². The molecule has 0 aromatic rings. The second kappa shape index (κ2) is 5.75. The Hall–Kier alpha value is -0.220. The zero-order valence-corrected chi connectivity index (χ0v) is 10.5. The van der Waals surface area contributed by atoms with E-state index in [1.165, 1.54) is 0 Å². The Morgan fingerprint density at radius 1 is 1.60 bits per heavy atom. The molecule has 1 fully saturated rings. The fourth-order valence-electron chi connectivity index (χ4n) is 1.84. The molecule has 15 heavy (non-hydrogen) atoms. The molecular weight excluding hydrogens is 208 g/mol. The largest absolute Gasteiger partial charge is 0.352 e. The SMILES string of the molecule is CCSCC(C)NC(=O)C1(CN)CCC1. The molecule has 0 aliphatic heterocycles. The van der Waals surface area contributed by atoms with Crippen LogP contribution in [0.1, 0.15) is 33.1 Å². The maximum absolute atomic E-state index is 12.0. The molecule has 0 spiro atoms. The lowest BCUT2D eigenvalue weighted by molar-refractivity contribution is -0.135. The molecule has 1 amide bonds. The standard InChI is InChI=1S/C11H22N2OS/c1-3-15-7-9(2)13-10(14)11(8-12)5-4-6-11/h9H,3-8,12H2,1-2H3,(H,13,14). The van der Waals surface area contributed by atoms with Crippen LogP contribution in [0, 0.1) is 5.41 Å². The number of rotatable bonds is 6. The molecule has 3 nitrogen and oxygen atoms in total. The van der Waals surface area contributed by atoms with Crippen molar-refractivity contribution < 1.29 is 4.79 Å². The molecule has 4 heteroatoms. The number of carbonyl (C=O) groups excluding carboxylic acids is 1. The Morgan fingerprint density at radius 3 is 2.67 bits per heavy atom. The van der Waals surface area contributed by atoms with Gasteiger partial charge in [0, 0.05) is 18.3 Å². The van der Waals surface area contributed by atoms with Crippen molar-refractivity contribution in [3.05, 3.63) is 0 Å². The van der Waals surface area contributed by atoms with E-state index in [4.69, 9.17) is 5.73 Å². The summed E-state index contributed by atoms with van der Waals surface area (Å²) in [6.45, 7) is 4.68. The zero-order chi connectivity index (χ0) is 11.3. The van der Waals surface area contributed by atoms with E-state index in [0.717, 1.165) is 30.8 Å². The number of amides is 1. The fraction of sp³-hybridized carbons (Fsp3) is 0.909. The van der Waals surface area contributed by atoms with Gasteiger partial charge in [-0.2, -0.15) is 11.8 Å². The van der Waals surface area contributed by atoms with E-state index in [0.29, 0.717) is 6.54 Å². The quantitative estimate of drug-likeness (QED) is 0.724. The van der Waals surface area contributed by atoms with Gasteiger partial charge in [0.1, 0.15) is 0 Å². The van der Waals surface area contributed by atoms with Crippen molar-refractivity contribution in [1.29, 1.82) is 0 Å². The van der Waals surface area contributed by atoms with Gasteiger partial charge in [0.15, 0.2) is 0 Å². The van der Waals surface area contributed by atoms with Crippen LogP contribution < -0.4 is 11.1 Å². The maximum atomic E-state index is 12.0. The summed E-state index contributed by atoms with van der Waals surface area (Å²) in [6.07, 6.45) is 3.06. The summed E-state index contributed by atoms with van der Waals surface area (Å²) in [4.78, 5) is 12.0. The Morgan fingerprint density at radius 2 is 2.27 bits per heavy atom. The second-order valence-electron chi connectivity index (χ2n) is 4.37. The van der Waals surface area contributed by atoms with Crippen molar-refractivity contribution in [3.8, 4) is 0 Å². The van der Waals surface area contributed by atoms with Crippen molar-refractivity contribution in [2.75, 3.05) is 18.1 Å². The zero-order valence-electron chi connectivity index (χ0n) is 9.71. The molecule has 3 N–H and O–H groups in total. The average Bonchev–Trinajstić information content (AvgIpc) is 2.13. The minimum absolute atomic E-state index is 0.167. The molecule has 1 unspecified atom stereocenters. The van der Waals surface area contributed by atoms with Crippen LogP contribution in [0.5, 0.6) is 0 Å². The second-order valence-corrected chi connectivity index (χ2v) is 5.69. The molecule has 1 rings (SSSR count). The van der Waals surface area contributed by atoms with E-state index in [2.05, 4.69) is 19.2 Å². The Bertz CT molecular complexity index is 211. The van der Waals surface area contributed by atoms with Crippen LogP contribution in [0.3, 0.4) is 0 Å². The van der Waals surface area contributed by atoms with Crippen LogP contribution in [-0.2, 0) is 4.79 Å². The fourth-order valence-corrected chi connectivity index (χ4v) is 2.51. The molecule has 88 valence electrons. The molecule has 0 saturated heterocycles. The molecule has 1 aliphatic carbocycles. The number of nitrogens with one attached hydrogen (secondary N) is 1. The van der Waals surface area contributed by atoms with Crippen molar-refractivity contribution in [1.82, 2.24) is 5.32 Å². The van der Waals surface area contributed by atoms with Gasteiger partial charge in [0.05, 0.1) is 5.41 Å². The summed E-state index contributed by atoms with van der Waals surface area (Å²) >= 11 is 1.86. The Labute approximate surface area is 96.6 Å². The third kappa shape index (κ3) is 3.11. The Kier molecular flexibility index (Phi) is 4.93. The minimum Gasteiger partial charge on any atom is -0.352 e. The molecule has 1 aliphatic rings. The van der Waals surface area contributed by atoms with Crippen LogP contribution in [-0.4, -0.2) is 30.0 Å².